The minimum Gasteiger partial charge on any atom is -0.339 e. The number of aromatic nitrogens is 3. The summed E-state index contributed by atoms with van der Waals surface area (Å²) in [5, 5.41) is 8.32. The Morgan fingerprint density at radius 1 is 1.13 bits per heavy atom. The van der Waals surface area contributed by atoms with Crippen LogP contribution in [0.1, 0.15) is 66.4 Å². The predicted molar refractivity (Wildman–Crippen MR) is 119 cm³/mol. The first-order valence-corrected chi connectivity index (χ1v) is 10.9. The number of hydrogen-bond donors (Lipinski definition) is 1. The highest BCUT2D eigenvalue weighted by Gasteiger charge is 2.32. The van der Waals surface area contributed by atoms with E-state index in [-0.39, 0.29) is 17.9 Å². The molecule has 1 aliphatic rings. The van der Waals surface area contributed by atoms with Gasteiger partial charge in [0.2, 0.25) is 5.89 Å². The minimum atomic E-state index is -0.337. The lowest BCUT2D eigenvalue weighted by Crippen LogP contribution is -2.33. The van der Waals surface area contributed by atoms with Crippen LogP contribution in [0.4, 0.5) is 0 Å². The predicted octanol–water partition coefficient (Wildman–Crippen LogP) is 5.08. The van der Waals surface area contributed by atoms with Crippen molar-refractivity contribution in [3.05, 3.63) is 83.6 Å². The van der Waals surface area contributed by atoms with Crippen LogP contribution in [0.5, 0.6) is 0 Å². The van der Waals surface area contributed by atoms with Gasteiger partial charge in [-0.2, -0.15) is 4.98 Å². The smallest absolute Gasteiger partial charge is 0.268 e. The summed E-state index contributed by atoms with van der Waals surface area (Å²) in [5.74, 6) is 1.62. The molecule has 0 spiro atoms. The quantitative estimate of drug-likeness (QED) is 0.458. The van der Waals surface area contributed by atoms with Gasteiger partial charge >= 0.3 is 0 Å². The van der Waals surface area contributed by atoms with Gasteiger partial charge in [0.15, 0.2) is 5.82 Å². The number of nitrogens with zero attached hydrogens (tertiary/aromatic N) is 3. The van der Waals surface area contributed by atoms with Gasteiger partial charge in [-0.3, -0.25) is 4.79 Å². The van der Waals surface area contributed by atoms with Crippen molar-refractivity contribution in [2.45, 2.75) is 45.2 Å². The van der Waals surface area contributed by atoms with E-state index in [1.807, 2.05) is 56.3 Å². The first-order chi connectivity index (χ1) is 15.1. The Morgan fingerprint density at radius 3 is 2.61 bits per heavy atom. The fourth-order valence-electron chi connectivity index (χ4n) is 3.94. The third-order valence-electron chi connectivity index (χ3n) is 5.85. The normalized spacial score (nSPS) is 14.8. The molecule has 4 aromatic rings. The van der Waals surface area contributed by atoms with Crippen molar-refractivity contribution < 1.29 is 9.32 Å². The Bertz CT molecular complexity index is 1200. The molecule has 0 bridgehead atoms. The highest BCUT2D eigenvalue weighted by molar-refractivity contribution is 5.99. The Hall–Kier alpha value is -3.41. The number of hydrogen-bond acceptors (Lipinski definition) is 4. The van der Waals surface area contributed by atoms with E-state index in [1.54, 1.807) is 0 Å². The van der Waals surface area contributed by atoms with Crippen molar-refractivity contribution in [2.24, 2.45) is 5.92 Å². The van der Waals surface area contributed by atoms with Gasteiger partial charge in [0.25, 0.3) is 5.91 Å². The highest BCUT2D eigenvalue weighted by Crippen LogP contribution is 2.38. The molecule has 0 radical (unpaired) electrons. The standard InChI is InChI=1S/C25H26N4O2/c1-16(2)22(25-27-23(28-31-25)18-12-13-18)26-24(30)21-14-19-10-6-7-11-20(19)29(21)15-17-8-4-3-5-9-17/h3-11,14,16,18,22H,12-13,15H2,1-2H3,(H,26,30). The molecular formula is C25H26N4O2. The van der Waals surface area contributed by atoms with Crippen molar-refractivity contribution in [1.82, 2.24) is 20.0 Å². The molecule has 2 heterocycles. The summed E-state index contributed by atoms with van der Waals surface area (Å²) in [4.78, 5) is 18.0. The molecular weight excluding hydrogens is 388 g/mol. The van der Waals surface area contributed by atoms with E-state index in [9.17, 15) is 4.79 Å². The molecule has 1 N–H and O–H groups in total. The summed E-state index contributed by atoms with van der Waals surface area (Å²) in [6.45, 7) is 4.72. The molecule has 6 nitrogen and oxygen atoms in total. The first-order valence-electron chi connectivity index (χ1n) is 10.9. The van der Waals surface area contributed by atoms with E-state index in [2.05, 4.69) is 38.2 Å². The van der Waals surface area contributed by atoms with Gasteiger partial charge in [-0.15, -0.1) is 0 Å². The zero-order valence-electron chi connectivity index (χ0n) is 17.8. The molecule has 31 heavy (non-hydrogen) atoms. The molecule has 1 aliphatic carbocycles. The van der Waals surface area contributed by atoms with Crippen molar-refractivity contribution in [3.8, 4) is 0 Å². The summed E-state index contributed by atoms with van der Waals surface area (Å²) < 4.78 is 7.60. The zero-order valence-corrected chi connectivity index (χ0v) is 17.8. The minimum absolute atomic E-state index is 0.114. The first kappa shape index (κ1) is 19.5. The summed E-state index contributed by atoms with van der Waals surface area (Å²) >= 11 is 0. The van der Waals surface area contributed by atoms with E-state index >= 15 is 0 Å². The number of para-hydroxylation sites is 1. The second-order valence-electron chi connectivity index (χ2n) is 8.62. The number of fused-ring (bicyclic) bond motifs is 1. The molecule has 1 amide bonds. The lowest BCUT2D eigenvalue weighted by Gasteiger charge is -2.19. The Balaban J connectivity index is 1.47. The highest BCUT2D eigenvalue weighted by atomic mass is 16.5. The molecule has 1 unspecified atom stereocenters. The summed E-state index contributed by atoms with van der Waals surface area (Å²) in [7, 11) is 0. The number of carbonyl (C=O) groups is 1. The molecule has 5 rings (SSSR count). The molecule has 1 saturated carbocycles. The fraction of sp³-hybridized carbons (Fsp3) is 0.320. The van der Waals surface area contributed by atoms with E-state index in [1.165, 1.54) is 0 Å². The van der Waals surface area contributed by atoms with Gasteiger partial charge in [-0.25, -0.2) is 0 Å². The largest absolute Gasteiger partial charge is 0.339 e. The number of nitrogens with one attached hydrogen (secondary N) is 1. The SMILES string of the molecule is CC(C)C(NC(=O)c1cc2ccccc2n1Cc1ccccc1)c1nc(C2CC2)no1. The van der Waals surface area contributed by atoms with Gasteiger partial charge in [0.05, 0.1) is 0 Å². The maximum absolute atomic E-state index is 13.4. The van der Waals surface area contributed by atoms with Crippen LogP contribution < -0.4 is 5.32 Å². The van der Waals surface area contributed by atoms with Gasteiger partial charge < -0.3 is 14.4 Å². The van der Waals surface area contributed by atoms with Crippen molar-refractivity contribution >= 4 is 16.8 Å². The number of rotatable bonds is 7. The fourth-order valence-corrected chi connectivity index (χ4v) is 3.94. The average molecular weight is 415 g/mol. The molecule has 0 aliphatic heterocycles. The van der Waals surface area contributed by atoms with E-state index in [0.29, 0.717) is 24.0 Å². The second kappa shape index (κ2) is 8.02. The van der Waals surface area contributed by atoms with Crippen LogP contribution in [0.2, 0.25) is 0 Å². The Kier molecular flexibility index (Phi) is 5.06. The summed E-state index contributed by atoms with van der Waals surface area (Å²) in [6, 6.07) is 19.9. The maximum Gasteiger partial charge on any atom is 0.268 e. The maximum atomic E-state index is 13.4. The van der Waals surface area contributed by atoms with Crippen LogP contribution in [-0.2, 0) is 6.54 Å². The van der Waals surface area contributed by atoms with Crippen LogP contribution in [0, 0.1) is 5.92 Å². The molecule has 2 aromatic carbocycles. The Morgan fingerprint density at radius 2 is 1.87 bits per heavy atom. The number of benzene rings is 2. The van der Waals surface area contributed by atoms with E-state index in [4.69, 9.17) is 4.52 Å². The molecule has 1 fully saturated rings. The summed E-state index contributed by atoms with van der Waals surface area (Å²) in [5.41, 5.74) is 2.80. The topological polar surface area (TPSA) is 73.0 Å². The molecule has 158 valence electrons. The molecule has 1 atom stereocenters. The van der Waals surface area contributed by atoms with E-state index in [0.717, 1.165) is 35.1 Å². The number of carbonyl (C=O) groups excluding carboxylic acids is 1. The van der Waals surface area contributed by atoms with Crippen molar-refractivity contribution in [3.63, 3.8) is 0 Å². The van der Waals surface area contributed by atoms with Gasteiger partial charge in [0.1, 0.15) is 11.7 Å². The third-order valence-corrected chi connectivity index (χ3v) is 5.85. The monoisotopic (exact) mass is 414 g/mol. The Labute approximate surface area is 181 Å². The zero-order chi connectivity index (χ0) is 21.4. The molecule has 2 aromatic heterocycles. The molecule has 0 saturated heterocycles. The van der Waals surface area contributed by atoms with Crippen LogP contribution in [0.25, 0.3) is 10.9 Å². The second-order valence-corrected chi connectivity index (χ2v) is 8.62. The van der Waals surface area contributed by atoms with Crippen LogP contribution in [-0.4, -0.2) is 20.6 Å². The van der Waals surface area contributed by atoms with Crippen molar-refractivity contribution in [2.75, 3.05) is 0 Å². The lowest BCUT2D eigenvalue weighted by atomic mass is 10.0. The summed E-state index contributed by atoms with van der Waals surface area (Å²) in [6.07, 6.45) is 2.22. The van der Waals surface area contributed by atoms with Gasteiger partial charge in [0, 0.05) is 23.4 Å². The third kappa shape index (κ3) is 3.98. The van der Waals surface area contributed by atoms with Crippen LogP contribution in [0.15, 0.2) is 65.2 Å². The average Bonchev–Trinajstić information content (AvgIpc) is 3.40. The van der Waals surface area contributed by atoms with Gasteiger partial charge in [-0.1, -0.05) is 67.5 Å². The molecule has 6 heteroatoms. The van der Waals surface area contributed by atoms with Crippen molar-refractivity contribution in [1.29, 1.82) is 0 Å². The van der Waals surface area contributed by atoms with Gasteiger partial charge in [-0.05, 0) is 36.5 Å². The lowest BCUT2D eigenvalue weighted by molar-refractivity contribution is 0.0905. The van der Waals surface area contributed by atoms with Crippen LogP contribution >= 0.6 is 0 Å². The van der Waals surface area contributed by atoms with Crippen LogP contribution in [0.3, 0.4) is 0 Å². The number of amides is 1. The van der Waals surface area contributed by atoms with E-state index < -0.39 is 0 Å².